The summed E-state index contributed by atoms with van der Waals surface area (Å²) < 4.78 is 11.6. The second kappa shape index (κ2) is 31.1. The van der Waals surface area contributed by atoms with Gasteiger partial charge in [0.2, 0.25) is 23.6 Å². The van der Waals surface area contributed by atoms with Gasteiger partial charge in [-0.25, -0.2) is 0 Å². The van der Waals surface area contributed by atoms with Crippen LogP contribution >= 0.6 is 0 Å². The van der Waals surface area contributed by atoms with Crippen molar-refractivity contribution in [2.75, 3.05) is 64.0 Å². The summed E-state index contributed by atoms with van der Waals surface area (Å²) in [6, 6.07) is 18.8. The molecule has 0 bridgehead atoms. The Morgan fingerprint density at radius 1 is 0.726 bits per heavy atom. The number of carbonyl (C=O) groups is 7. The number of imide groups is 2. The van der Waals surface area contributed by atoms with Gasteiger partial charge in [-0.15, -0.1) is 0 Å². The minimum atomic E-state index is -1.04. The normalized spacial score (nSPS) is 16.6. The van der Waals surface area contributed by atoms with Gasteiger partial charge >= 0.3 is 0 Å². The van der Waals surface area contributed by atoms with Crippen LogP contribution < -0.4 is 31.1 Å². The van der Waals surface area contributed by atoms with Crippen LogP contribution in [0.25, 0.3) is 11.1 Å². The number of hydrogen-bond donors (Lipinski definition) is 4. The highest BCUT2D eigenvalue weighted by Gasteiger charge is 2.46. The number of nitrogens with zero attached hydrogens (tertiary/aromatic N) is 4. The summed E-state index contributed by atoms with van der Waals surface area (Å²) in [5.74, 6) is -1.98. The first kappa shape index (κ1) is 62.9. The van der Waals surface area contributed by atoms with Crippen LogP contribution in [0.1, 0.15) is 188 Å². The second-order valence-electron chi connectivity index (χ2n) is 23.2. The molecule has 5 heterocycles. The SMILES string of the molecule is CCN(c1cc(-c2ccc(CN3CCN(C(=O)CCCCCCCCCCCCCCC(=O)NCCCOc4cccc5c4C(=O)N(C4CCC(=O)NC4=O)C5=O)CC3)cc2)cc(C(=O)NCc2c(C)cc(C)[nH]c2=O)c1C)C1CCOCC1. The maximum absolute atomic E-state index is 14.0. The number of fused-ring (bicyclic) bond motifs is 1. The van der Waals surface area contributed by atoms with Crippen LogP contribution in [-0.2, 0) is 37.0 Å². The first-order valence-corrected chi connectivity index (χ1v) is 31.0. The van der Waals surface area contributed by atoms with E-state index in [-0.39, 0.29) is 66.2 Å². The lowest BCUT2D eigenvalue weighted by Gasteiger charge is -2.37. The Hall–Kier alpha value is -7.18. The Morgan fingerprint density at radius 2 is 1.39 bits per heavy atom. The third-order valence-electron chi connectivity index (χ3n) is 17.1. The molecular formula is C66H88N8O10. The van der Waals surface area contributed by atoms with E-state index in [0.717, 1.165) is 142 Å². The number of aryl methyl sites for hydroxylation is 2. The topological polar surface area (TPSA) is 220 Å². The number of ether oxygens (including phenoxy) is 2. The molecular weight excluding hydrogens is 1060 g/mol. The minimum absolute atomic E-state index is 0.00186. The van der Waals surface area contributed by atoms with E-state index in [9.17, 15) is 38.4 Å². The fourth-order valence-electron chi connectivity index (χ4n) is 12.3. The number of anilines is 1. The molecule has 4 aliphatic heterocycles. The average Bonchev–Trinajstić information content (AvgIpc) is 2.03. The van der Waals surface area contributed by atoms with Gasteiger partial charge in [-0.05, 0) is 124 Å². The minimum Gasteiger partial charge on any atom is -0.493 e. The summed E-state index contributed by atoms with van der Waals surface area (Å²) in [6.07, 6.45) is 17.0. The molecule has 8 rings (SSSR count). The van der Waals surface area contributed by atoms with E-state index in [1.807, 2.05) is 37.8 Å². The van der Waals surface area contributed by atoms with Crippen molar-refractivity contribution in [2.24, 2.45) is 0 Å². The van der Waals surface area contributed by atoms with Gasteiger partial charge in [-0.2, -0.15) is 0 Å². The Bertz CT molecular complexity index is 3020. The number of piperidine rings is 1. The summed E-state index contributed by atoms with van der Waals surface area (Å²) in [5.41, 5.74) is 8.04. The molecule has 0 radical (unpaired) electrons. The molecule has 3 fully saturated rings. The number of hydrogen-bond acceptors (Lipinski definition) is 12. The van der Waals surface area contributed by atoms with E-state index >= 15 is 0 Å². The largest absolute Gasteiger partial charge is 0.493 e. The first-order chi connectivity index (χ1) is 40.7. The number of piperazine rings is 1. The van der Waals surface area contributed by atoms with Crippen molar-refractivity contribution >= 4 is 47.0 Å². The Labute approximate surface area is 495 Å². The van der Waals surface area contributed by atoms with Crippen molar-refractivity contribution in [2.45, 2.75) is 175 Å². The molecule has 3 aromatic carbocycles. The van der Waals surface area contributed by atoms with Crippen molar-refractivity contribution in [1.29, 1.82) is 0 Å². The maximum atomic E-state index is 14.0. The molecule has 4 aromatic rings. The zero-order chi connectivity index (χ0) is 59.5. The van der Waals surface area contributed by atoms with Gasteiger partial charge in [0.25, 0.3) is 23.3 Å². The Morgan fingerprint density at radius 3 is 2.05 bits per heavy atom. The van der Waals surface area contributed by atoms with E-state index < -0.39 is 29.7 Å². The maximum Gasteiger partial charge on any atom is 0.266 e. The first-order valence-electron chi connectivity index (χ1n) is 31.0. The van der Waals surface area contributed by atoms with Gasteiger partial charge in [0, 0.05) is 113 Å². The van der Waals surface area contributed by atoms with Crippen LogP contribution in [0.3, 0.4) is 0 Å². The van der Waals surface area contributed by atoms with Crippen molar-refractivity contribution in [1.82, 2.24) is 35.6 Å². The second-order valence-corrected chi connectivity index (χ2v) is 23.2. The van der Waals surface area contributed by atoms with E-state index in [4.69, 9.17) is 9.47 Å². The number of benzene rings is 3. The number of H-pyrrole nitrogens is 1. The van der Waals surface area contributed by atoms with Gasteiger partial charge in [0.1, 0.15) is 11.8 Å². The average molecular weight is 1150 g/mol. The molecule has 7 amide bonds. The molecule has 1 unspecified atom stereocenters. The Balaban J connectivity index is 0.649. The quantitative estimate of drug-likeness (QED) is 0.0284. The van der Waals surface area contributed by atoms with Crippen LogP contribution in [-0.4, -0.2) is 132 Å². The van der Waals surface area contributed by atoms with Crippen LogP contribution in [0.15, 0.2) is 65.5 Å². The smallest absolute Gasteiger partial charge is 0.266 e. The van der Waals surface area contributed by atoms with Gasteiger partial charge < -0.3 is 34.9 Å². The number of aromatic amines is 1. The fourth-order valence-corrected chi connectivity index (χ4v) is 12.3. The van der Waals surface area contributed by atoms with E-state index in [1.165, 1.54) is 50.2 Å². The predicted octanol–water partition coefficient (Wildman–Crippen LogP) is 8.99. The number of unbranched alkanes of at least 4 members (excludes halogenated alkanes) is 11. The summed E-state index contributed by atoms with van der Waals surface area (Å²) in [4.78, 5) is 113. The van der Waals surface area contributed by atoms with Crippen LogP contribution in [0, 0.1) is 20.8 Å². The van der Waals surface area contributed by atoms with Crippen molar-refractivity contribution in [3.8, 4) is 16.9 Å². The van der Waals surface area contributed by atoms with Crippen molar-refractivity contribution in [3.05, 3.63) is 116 Å². The number of nitrogens with one attached hydrogen (secondary N) is 4. The van der Waals surface area contributed by atoms with Gasteiger partial charge in [-0.1, -0.05) is 94.5 Å². The third kappa shape index (κ3) is 16.8. The monoisotopic (exact) mass is 1150 g/mol. The summed E-state index contributed by atoms with van der Waals surface area (Å²) in [6.45, 7) is 14.9. The summed E-state index contributed by atoms with van der Waals surface area (Å²) in [7, 11) is 0. The number of amides is 7. The zero-order valence-corrected chi connectivity index (χ0v) is 50.0. The van der Waals surface area contributed by atoms with Crippen molar-refractivity contribution < 1.29 is 43.0 Å². The fraction of sp³-hybridized carbons (Fsp3) is 0.545. The van der Waals surface area contributed by atoms with Gasteiger partial charge in [0.15, 0.2) is 0 Å². The predicted molar refractivity (Wildman–Crippen MR) is 324 cm³/mol. The molecule has 3 saturated heterocycles. The molecule has 1 atom stereocenters. The molecule has 4 N–H and O–H groups in total. The van der Waals surface area contributed by atoms with Gasteiger partial charge in [0.05, 0.1) is 17.7 Å². The number of rotatable bonds is 30. The number of pyridine rings is 1. The standard InChI is InChI=1S/C66H88N8O10/c1-5-73(51-30-38-83-39-31-51)56-42-50(41-53(47(56)4)62(78)68-43-54-45(2)40-46(3)69-63(54)79)49-26-24-48(25-27-49)44-71-33-35-72(36-34-71)60(77)23-17-15-13-11-9-7-6-8-10-12-14-16-22-58(75)67-32-19-37-84-57-21-18-20-52-61(57)66(82)74(65(52)81)55-28-29-59(76)70-64(55)80/h18,20-21,24-27,40-42,51,55H,5-17,19,22-23,28-39,43-44H2,1-4H3,(H,67,75)(H,68,78)(H,69,79)(H,70,76,80). The number of carbonyl (C=O) groups excluding carboxylic acids is 7. The van der Waals surface area contributed by atoms with Crippen LogP contribution in [0.5, 0.6) is 5.75 Å². The number of aromatic nitrogens is 1. The third-order valence-corrected chi connectivity index (χ3v) is 17.1. The Kier molecular flexibility index (Phi) is 23.3. The lowest BCUT2D eigenvalue weighted by atomic mass is 9.94. The molecule has 0 saturated carbocycles. The van der Waals surface area contributed by atoms with E-state index in [1.54, 1.807) is 12.1 Å². The van der Waals surface area contributed by atoms with E-state index in [0.29, 0.717) is 43.0 Å². The van der Waals surface area contributed by atoms with Crippen LogP contribution in [0.2, 0.25) is 0 Å². The summed E-state index contributed by atoms with van der Waals surface area (Å²) in [5, 5.41) is 8.20. The highest BCUT2D eigenvalue weighted by molar-refractivity contribution is 6.24. The molecule has 4 aliphatic rings. The van der Waals surface area contributed by atoms with Gasteiger partial charge in [-0.3, -0.25) is 53.5 Å². The van der Waals surface area contributed by atoms with Crippen molar-refractivity contribution in [3.63, 3.8) is 0 Å². The molecule has 0 aliphatic carbocycles. The lowest BCUT2D eigenvalue weighted by Crippen LogP contribution is -2.54. The highest BCUT2D eigenvalue weighted by Crippen LogP contribution is 2.36. The molecule has 0 spiro atoms. The molecule has 18 heteroatoms. The lowest BCUT2D eigenvalue weighted by molar-refractivity contribution is -0.136. The molecule has 84 heavy (non-hydrogen) atoms. The molecule has 18 nitrogen and oxygen atoms in total. The molecule has 452 valence electrons. The summed E-state index contributed by atoms with van der Waals surface area (Å²) >= 11 is 0. The zero-order valence-electron chi connectivity index (χ0n) is 50.0. The molecule has 1 aromatic heterocycles. The van der Waals surface area contributed by atoms with E-state index in [2.05, 4.69) is 68.0 Å². The van der Waals surface area contributed by atoms with Crippen LogP contribution in [0.4, 0.5) is 5.69 Å². The highest BCUT2D eigenvalue weighted by atomic mass is 16.5.